The number of benzene rings is 12. The fraction of sp³-hybridized carbons (Fsp3) is 0. The molecule has 15 rings (SSSR count). The molecular weight excluding hydrogens is 907 g/mol. The fourth-order valence-electron chi connectivity index (χ4n) is 11.3. The number of furan rings is 1. The van der Waals surface area contributed by atoms with Gasteiger partial charge in [0.1, 0.15) is 11.2 Å². The number of hydrogen-bond donors (Lipinski definition) is 0. The van der Waals surface area contributed by atoms with Gasteiger partial charge in [-0.1, -0.05) is 146 Å². The van der Waals surface area contributed by atoms with Crippen molar-refractivity contribution in [3.05, 3.63) is 261 Å². The van der Waals surface area contributed by atoms with Crippen LogP contribution in [0.2, 0.25) is 0 Å². The van der Waals surface area contributed by atoms with Crippen molar-refractivity contribution in [1.29, 1.82) is 0 Å². The third-order valence-electron chi connectivity index (χ3n) is 14.7. The van der Waals surface area contributed by atoms with Gasteiger partial charge in [-0.2, -0.15) is 0 Å². The van der Waals surface area contributed by atoms with Crippen LogP contribution in [0.4, 0.5) is 34.1 Å². The average Bonchev–Trinajstić information content (AvgIpc) is 4.12. The standard InChI is InChI=1S/C68H43N3OS/c1-2-18-50(19-3-1)71-63-23-11-8-20-57(63)62-40-48(28-35-64(62)71)49-38-55(69(51-29-26-44-14-4-6-16-46(44)36-51)53-31-33-59-58-21-9-12-24-65(58)72-66(59)42-53)41-56(39-49)70(52-30-27-45-15-5-7-17-47(45)37-52)54-32-34-61-60-22-10-13-25-67(60)73-68(61)43-54/h1-43H. The van der Waals surface area contributed by atoms with E-state index in [1.54, 1.807) is 0 Å². The van der Waals surface area contributed by atoms with Gasteiger partial charge in [-0.25, -0.2) is 0 Å². The van der Waals surface area contributed by atoms with Crippen molar-refractivity contribution in [3.63, 3.8) is 0 Å². The van der Waals surface area contributed by atoms with Gasteiger partial charge >= 0.3 is 0 Å². The maximum absolute atomic E-state index is 6.62. The minimum absolute atomic E-state index is 0.843. The molecule has 3 aromatic heterocycles. The van der Waals surface area contributed by atoms with Crippen LogP contribution in [0.3, 0.4) is 0 Å². The number of thiophene rings is 1. The Balaban J connectivity index is 1.01. The quantitative estimate of drug-likeness (QED) is 0.152. The summed E-state index contributed by atoms with van der Waals surface area (Å²) in [4.78, 5) is 4.85. The van der Waals surface area contributed by atoms with Crippen LogP contribution in [0, 0.1) is 0 Å². The molecule has 0 aliphatic carbocycles. The largest absolute Gasteiger partial charge is 0.456 e. The van der Waals surface area contributed by atoms with Crippen LogP contribution in [0.15, 0.2) is 265 Å². The molecule has 0 spiro atoms. The number of aromatic nitrogens is 1. The van der Waals surface area contributed by atoms with Gasteiger partial charge in [-0.15, -0.1) is 11.3 Å². The van der Waals surface area contributed by atoms with E-state index in [1.165, 1.54) is 63.5 Å². The molecule has 12 aromatic carbocycles. The summed E-state index contributed by atoms with van der Waals surface area (Å²) in [5.41, 5.74) is 13.7. The van der Waals surface area contributed by atoms with E-state index in [4.69, 9.17) is 4.42 Å². The molecule has 0 aliphatic rings. The summed E-state index contributed by atoms with van der Waals surface area (Å²) in [6, 6.07) is 95.2. The first-order valence-corrected chi connectivity index (χ1v) is 25.6. The van der Waals surface area contributed by atoms with E-state index in [0.29, 0.717) is 0 Å². The maximum atomic E-state index is 6.62. The van der Waals surface area contributed by atoms with Crippen LogP contribution in [0.25, 0.3) is 102 Å². The Labute approximate surface area is 425 Å². The molecule has 73 heavy (non-hydrogen) atoms. The monoisotopic (exact) mass is 949 g/mol. The predicted octanol–water partition coefficient (Wildman–Crippen LogP) is 20.0. The maximum Gasteiger partial charge on any atom is 0.137 e. The second-order valence-electron chi connectivity index (χ2n) is 18.9. The molecule has 0 fully saturated rings. The van der Waals surface area contributed by atoms with Crippen molar-refractivity contribution in [2.75, 3.05) is 9.80 Å². The van der Waals surface area contributed by atoms with Crippen molar-refractivity contribution in [1.82, 2.24) is 4.57 Å². The Morgan fingerprint density at radius 3 is 1.56 bits per heavy atom. The lowest BCUT2D eigenvalue weighted by Crippen LogP contribution is -2.13. The molecule has 15 aromatic rings. The molecule has 0 bridgehead atoms. The second-order valence-corrected chi connectivity index (χ2v) is 20.0. The van der Waals surface area contributed by atoms with Crippen LogP contribution < -0.4 is 9.80 Å². The Morgan fingerprint density at radius 2 is 0.822 bits per heavy atom. The van der Waals surface area contributed by atoms with E-state index >= 15 is 0 Å². The number of nitrogens with zero attached hydrogens (tertiary/aromatic N) is 3. The van der Waals surface area contributed by atoms with Gasteiger partial charge in [0, 0.05) is 87.6 Å². The van der Waals surface area contributed by atoms with Crippen LogP contribution >= 0.6 is 11.3 Å². The predicted molar refractivity (Wildman–Crippen MR) is 311 cm³/mol. The first-order valence-electron chi connectivity index (χ1n) is 24.8. The topological polar surface area (TPSA) is 24.6 Å². The summed E-state index contributed by atoms with van der Waals surface area (Å²) in [5, 5.41) is 11.9. The average molecular weight is 950 g/mol. The van der Waals surface area contributed by atoms with Crippen molar-refractivity contribution in [3.8, 4) is 16.8 Å². The zero-order chi connectivity index (χ0) is 48.0. The van der Waals surface area contributed by atoms with E-state index in [0.717, 1.165) is 72.9 Å². The Morgan fingerprint density at radius 1 is 0.288 bits per heavy atom. The smallest absolute Gasteiger partial charge is 0.137 e. The summed E-state index contributed by atoms with van der Waals surface area (Å²) >= 11 is 1.85. The molecule has 3 heterocycles. The van der Waals surface area contributed by atoms with Gasteiger partial charge in [-0.05, 0) is 142 Å². The molecule has 0 atom stereocenters. The highest BCUT2D eigenvalue weighted by Gasteiger charge is 2.23. The number of para-hydroxylation sites is 3. The van der Waals surface area contributed by atoms with E-state index in [-0.39, 0.29) is 0 Å². The number of anilines is 6. The fourth-order valence-corrected chi connectivity index (χ4v) is 12.4. The van der Waals surface area contributed by atoms with Gasteiger partial charge in [0.2, 0.25) is 0 Å². The molecule has 0 amide bonds. The van der Waals surface area contributed by atoms with Crippen LogP contribution in [0.5, 0.6) is 0 Å². The van der Waals surface area contributed by atoms with Gasteiger partial charge in [-0.3, -0.25) is 0 Å². The van der Waals surface area contributed by atoms with Crippen LogP contribution in [-0.4, -0.2) is 4.57 Å². The minimum Gasteiger partial charge on any atom is -0.456 e. The van der Waals surface area contributed by atoms with E-state index in [2.05, 4.69) is 269 Å². The lowest BCUT2D eigenvalue weighted by Gasteiger charge is -2.30. The summed E-state index contributed by atoms with van der Waals surface area (Å²) in [5.74, 6) is 0. The first kappa shape index (κ1) is 41.4. The molecule has 0 radical (unpaired) electrons. The molecule has 0 saturated heterocycles. The third kappa shape index (κ3) is 6.89. The lowest BCUT2D eigenvalue weighted by molar-refractivity contribution is 0.669. The molecule has 342 valence electrons. The summed E-state index contributed by atoms with van der Waals surface area (Å²) in [6.07, 6.45) is 0. The normalized spacial score (nSPS) is 11.8. The van der Waals surface area contributed by atoms with Crippen LogP contribution in [0.1, 0.15) is 0 Å². The first-order chi connectivity index (χ1) is 36.1. The highest BCUT2D eigenvalue weighted by atomic mass is 32.1. The number of fused-ring (bicyclic) bond motifs is 11. The molecule has 0 aliphatic heterocycles. The zero-order valence-corrected chi connectivity index (χ0v) is 40.3. The Bertz CT molecular complexity index is 4440. The molecule has 0 saturated carbocycles. The Hall–Kier alpha value is -9.42. The van der Waals surface area contributed by atoms with E-state index in [1.807, 2.05) is 17.4 Å². The molecule has 0 unspecified atom stereocenters. The number of rotatable bonds is 8. The minimum atomic E-state index is 0.843. The molecular formula is C68H43N3OS. The highest BCUT2D eigenvalue weighted by Crippen LogP contribution is 2.47. The molecule has 5 heteroatoms. The second kappa shape index (κ2) is 16.6. The summed E-state index contributed by atoms with van der Waals surface area (Å²) in [6.45, 7) is 0. The molecule has 0 N–H and O–H groups in total. The van der Waals surface area contributed by atoms with Gasteiger partial charge in [0.25, 0.3) is 0 Å². The van der Waals surface area contributed by atoms with Crippen molar-refractivity contribution >= 4 is 131 Å². The van der Waals surface area contributed by atoms with Crippen molar-refractivity contribution < 1.29 is 4.42 Å². The third-order valence-corrected chi connectivity index (χ3v) is 15.8. The zero-order valence-electron chi connectivity index (χ0n) is 39.5. The highest BCUT2D eigenvalue weighted by molar-refractivity contribution is 7.25. The van der Waals surface area contributed by atoms with Gasteiger partial charge in [0.15, 0.2) is 0 Å². The van der Waals surface area contributed by atoms with Gasteiger partial charge in [0.05, 0.1) is 11.0 Å². The van der Waals surface area contributed by atoms with E-state index in [9.17, 15) is 0 Å². The summed E-state index contributed by atoms with van der Waals surface area (Å²) < 4.78 is 11.5. The lowest BCUT2D eigenvalue weighted by atomic mass is 9.99. The Kier molecular flexibility index (Phi) is 9.41. The SMILES string of the molecule is c1ccc(-n2c3ccccc3c3cc(-c4cc(N(c5ccc6ccccc6c5)c5ccc6c(c5)oc5ccccc56)cc(N(c5ccc6ccccc6c5)c5ccc6c(c5)sc5ccccc56)c4)ccc32)cc1. The van der Waals surface area contributed by atoms with E-state index < -0.39 is 0 Å². The van der Waals surface area contributed by atoms with Crippen molar-refractivity contribution in [2.45, 2.75) is 0 Å². The van der Waals surface area contributed by atoms with Crippen molar-refractivity contribution in [2.24, 2.45) is 0 Å². The van der Waals surface area contributed by atoms with Crippen LogP contribution in [-0.2, 0) is 0 Å². The summed E-state index contributed by atoms with van der Waals surface area (Å²) in [7, 11) is 0. The molecule has 4 nitrogen and oxygen atoms in total. The van der Waals surface area contributed by atoms with Gasteiger partial charge < -0.3 is 18.8 Å². The number of hydrogen-bond acceptors (Lipinski definition) is 4.